The Hall–Kier alpha value is -1.90. The zero-order chi connectivity index (χ0) is 14.9. The summed E-state index contributed by atoms with van der Waals surface area (Å²) in [4.78, 5) is 0. The van der Waals surface area contributed by atoms with Crippen molar-refractivity contribution >= 4 is 21.5 Å². The molecule has 0 aliphatic rings. The van der Waals surface area contributed by atoms with E-state index in [0.29, 0.717) is 6.42 Å². The second kappa shape index (κ2) is 5.47. The van der Waals surface area contributed by atoms with Crippen LogP contribution in [0.1, 0.15) is 12.5 Å². The maximum atomic E-state index is 9.63. The van der Waals surface area contributed by atoms with Gasteiger partial charge in [-0.3, -0.25) is 0 Å². The summed E-state index contributed by atoms with van der Waals surface area (Å²) in [6.07, 6.45) is 0.655. The topological polar surface area (TPSA) is 40.5 Å². The Balaban J connectivity index is 2.30. The smallest absolute Gasteiger partial charge is 0.0509 e. The van der Waals surface area contributed by atoms with E-state index in [-0.39, 0.29) is 13.2 Å². The fourth-order valence-corrected chi connectivity index (χ4v) is 2.89. The minimum absolute atomic E-state index is 0.0267. The van der Waals surface area contributed by atoms with E-state index < -0.39 is 5.41 Å². The van der Waals surface area contributed by atoms with E-state index in [1.54, 1.807) is 0 Å². The number of hydrogen-bond acceptors (Lipinski definition) is 2. The summed E-state index contributed by atoms with van der Waals surface area (Å²) in [6, 6.07) is 18.8. The van der Waals surface area contributed by atoms with Gasteiger partial charge in [-0.2, -0.15) is 0 Å². The Kier molecular flexibility index (Phi) is 3.66. The highest BCUT2D eigenvalue weighted by molar-refractivity contribution is 6.02. The molecule has 0 heterocycles. The molecule has 3 aromatic carbocycles. The third kappa shape index (κ3) is 2.53. The van der Waals surface area contributed by atoms with Gasteiger partial charge in [0, 0.05) is 5.41 Å². The molecule has 2 nitrogen and oxygen atoms in total. The molecule has 108 valence electrons. The van der Waals surface area contributed by atoms with Gasteiger partial charge < -0.3 is 10.2 Å². The van der Waals surface area contributed by atoms with E-state index in [4.69, 9.17) is 0 Å². The van der Waals surface area contributed by atoms with Crippen LogP contribution >= 0.6 is 0 Å². The fourth-order valence-electron chi connectivity index (χ4n) is 2.89. The van der Waals surface area contributed by atoms with Crippen LogP contribution < -0.4 is 0 Å². The van der Waals surface area contributed by atoms with Crippen LogP contribution in [0.4, 0.5) is 0 Å². The minimum Gasteiger partial charge on any atom is -0.396 e. The lowest BCUT2D eigenvalue weighted by Gasteiger charge is -2.26. The predicted molar refractivity (Wildman–Crippen MR) is 87.4 cm³/mol. The summed E-state index contributed by atoms with van der Waals surface area (Å²) in [5.74, 6) is 0. The summed E-state index contributed by atoms with van der Waals surface area (Å²) in [6.45, 7) is 1.87. The molecule has 3 aromatic rings. The monoisotopic (exact) mass is 280 g/mol. The number of benzene rings is 3. The Labute approximate surface area is 124 Å². The standard InChI is InChI=1S/C19H20O2/c1-19(12-20,13-21)11-18-16-8-4-2-6-14(16)10-15-7-3-5-9-17(15)18/h2-10,20-21H,11-13H2,1H3. The third-order valence-corrected chi connectivity index (χ3v) is 4.25. The van der Waals surface area contributed by atoms with Gasteiger partial charge in [0.1, 0.15) is 0 Å². The van der Waals surface area contributed by atoms with Crippen LogP contribution in [0, 0.1) is 5.41 Å². The lowest BCUT2D eigenvalue weighted by atomic mass is 9.82. The van der Waals surface area contributed by atoms with E-state index in [9.17, 15) is 10.2 Å². The van der Waals surface area contributed by atoms with Gasteiger partial charge in [0.05, 0.1) is 13.2 Å². The van der Waals surface area contributed by atoms with Crippen molar-refractivity contribution in [3.63, 3.8) is 0 Å². The summed E-state index contributed by atoms with van der Waals surface area (Å²) in [7, 11) is 0. The van der Waals surface area contributed by atoms with Gasteiger partial charge in [-0.1, -0.05) is 55.5 Å². The van der Waals surface area contributed by atoms with Crippen LogP contribution in [0.5, 0.6) is 0 Å². The largest absolute Gasteiger partial charge is 0.396 e. The number of fused-ring (bicyclic) bond motifs is 2. The highest BCUT2D eigenvalue weighted by atomic mass is 16.3. The molecule has 0 radical (unpaired) electrons. The molecule has 0 bridgehead atoms. The summed E-state index contributed by atoms with van der Waals surface area (Å²) in [5, 5.41) is 24.1. The zero-order valence-corrected chi connectivity index (χ0v) is 12.2. The molecule has 3 rings (SSSR count). The molecule has 2 heteroatoms. The molecule has 21 heavy (non-hydrogen) atoms. The number of aliphatic hydroxyl groups excluding tert-OH is 2. The van der Waals surface area contributed by atoms with Crippen molar-refractivity contribution in [1.82, 2.24) is 0 Å². The van der Waals surface area contributed by atoms with Crippen LogP contribution in [0.2, 0.25) is 0 Å². The number of aliphatic hydroxyl groups is 2. The van der Waals surface area contributed by atoms with Gasteiger partial charge in [-0.25, -0.2) is 0 Å². The quantitative estimate of drug-likeness (QED) is 0.718. The van der Waals surface area contributed by atoms with Gasteiger partial charge in [-0.05, 0) is 39.6 Å². The molecule has 2 N–H and O–H groups in total. The van der Waals surface area contributed by atoms with Crippen LogP contribution in [-0.4, -0.2) is 23.4 Å². The normalized spacial score (nSPS) is 12.1. The predicted octanol–water partition coefficient (Wildman–Crippen LogP) is 3.53. The molecular formula is C19H20O2. The molecule has 0 fully saturated rings. The first kappa shape index (κ1) is 14.1. The average Bonchev–Trinajstić information content (AvgIpc) is 2.54. The van der Waals surface area contributed by atoms with Crippen LogP contribution in [0.15, 0.2) is 54.6 Å². The minimum atomic E-state index is -0.507. The fraction of sp³-hybridized carbons (Fsp3) is 0.263. The van der Waals surface area contributed by atoms with Crippen molar-refractivity contribution in [2.45, 2.75) is 13.3 Å². The van der Waals surface area contributed by atoms with Crippen molar-refractivity contribution in [2.75, 3.05) is 13.2 Å². The zero-order valence-electron chi connectivity index (χ0n) is 12.2. The first-order valence-corrected chi connectivity index (χ1v) is 7.28. The molecule has 0 saturated carbocycles. The molecule has 0 aliphatic heterocycles. The Bertz CT molecular complexity index is 719. The van der Waals surface area contributed by atoms with Crippen molar-refractivity contribution in [2.24, 2.45) is 5.41 Å². The summed E-state index contributed by atoms with van der Waals surface area (Å²) in [5.41, 5.74) is 0.696. The molecule has 0 aliphatic carbocycles. The summed E-state index contributed by atoms with van der Waals surface area (Å²) >= 11 is 0. The number of rotatable bonds is 4. The van der Waals surface area contributed by atoms with Gasteiger partial charge in [0.2, 0.25) is 0 Å². The van der Waals surface area contributed by atoms with Crippen LogP contribution in [0.3, 0.4) is 0 Å². The first-order valence-electron chi connectivity index (χ1n) is 7.28. The van der Waals surface area contributed by atoms with Gasteiger partial charge in [0.25, 0.3) is 0 Å². The summed E-state index contributed by atoms with van der Waals surface area (Å²) < 4.78 is 0. The lowest BCUT2D eigenvalue weighted by molar-refractivity contribution is 0.0709. The van der Waals surface area contributed by atoms with Crippen molar-refractivity contribution < 1.29 is 10.2 Å². The van der Waals surface area contributed by atoms with E-state index in [2.05, 4.69) is 30.3 Å². The van der Waals surface area contributed by atoms with E-state index >= 15 is 0 Å². The third-order valence-electron chi connectivity index (χ3n) is 4.25. The maximum absolute atomic E-state index is 9.63. The molecule has 0 saturated heterocycles. The first-order chi connectivity index (χ1) is 10.2. The average molecular weight is 280 g/mol. The molecule has 0 aromatic heterocycles. The molecule has 0 atom stereocenters. The maximum Gasteiger partial charge on any atom is 0.0509 e. The van der Waals surface area contributed by atoms with Crippen molar-refractivity contribution in [1.29, 1.82) is 0 Å². The Morgan fingerprint density at radius 3 is 1.76 bits per heavy atom. The SMILES string of the molecule is CC(CO)(CO)Cc1c2ccccc2cc2ccccc12. The van der Waals surface area contributed by atoms with Crippen molar-refractivity contribution in [3.8, 4) is 0 Å². The van der Waals surface area contributed by atoms with Crippen LogP contribution in [0.25, 0.3) is 21.5 Å². The molecular weight excluding hydrogens is 260 g/mol. The van der Waals surface area contributed by atoms with Crippen LogP contribution in [-0.2, 0) is 6.42 Å². The lowest BCUT2D eigenvalue weighted by Crippen LogP contribution is -2.28. The highest BCUT2D eigenvalue weighted by Crippen LogP contribution is 2.33. The second-order valence-corrected chi connectivity index (χ2v) is 6.10. The Morgan fingerprint density at radius 1 is 0.810 bits per heavy atom. The molecule has 0 spiro atoms. The Morgan fingerprint density at radius 2 is 1.29 bits per heavy atom. The van der Waals surface area contributed by atoms with Gasteiger partial charge in [-0.15, -0.1) is 0 Å². The highest BCUT2D eigenvalue weighted by Gasteiger charge is 2.24. The van der Waals surface area contributed by atoms with E-state index in [1.807, 2.05) is 31.2 Å². The number of hydrogen-bond donors (Lipinski definition) is 2. The van der Waals surface area contributed by atoms with Crippen molar-refractivity contribution in [3.05, 3.63) is 60.2 Å². The van der Waals surface area contributed by atoms with Gasteiger partial charge >= 0.3 is 0 Å². The van der Waals surface area contributed by atoms with Gasteiger partial charge in [0.15, 0.2) is 0 Å². The van der Waals surface area contributed by atoms with E-state index in [0.717, 1.165) is 0 Å². The van der Waals surface area contributed by atoms with E-state index in [1.165, 1.54) is 27.1 Å². The second-order valence-electron chi connectivity index (χ2n) is 6.10. The molecule has 0 unspecified atom stereocenters. The molecule has 0 amide bonds.